The van der Waals surface area contributed by atoms with Crippen LogP contribution in [0.4, 0.5) is 23.0 Å². The first-order chi connectivity index (χ1) is 11.1. The van der Waals surface area contributed by atoms with Crippen LogP contribution in [0.15, 0.2) is 24.5 Å². The number of hydrogen-bond acceptors (Lipinski definition) is 5. The van der Waals surface area contributed by atoms with Crippen molar-refractivity contribution in [1.29, 1.82) is 0 Å². The molecule has 1 fully saturated rings. The van der Waals surface area contributed by atoms with Crippen LogP contribution in [0.25, 0.3) is 0 Å². The molecule has 0 amide bonds. The fourth-order valence-corrected chi connectivity index (χ4v) is 3.02. The smallest absolute Gasteiger partial charge is 0.159 e. The Hall–Kier alpha value is -2.30. The lowest BCUT2D eigenvalue weighted by Crippen LogP contribution is -2.26. The molecule has 0 unspecified atom stereocenters. The van der Waals surface area contributed by atoms with Crippen molar-refractivity contribution >= 4 is 23.0 Å². The molecule has 23 heavy (non-hydrogen) atoms. The van der Waals surface area contributed by atoms with Gasteiger partial charge in [0.05, 0.1) is 0 Å². The summed E-state index contributed by atoms with van der Waals surface area (Å²) in [6.07, 6.45) is 6.57. The van der Waals surface area contributed by atoms with Crippen LogP contribution in [0.5, 0.6) is 0 Å². The first kappa shape index (κ1) is 15.6. The number of aromatic nitrogens is 2. The van der Waals surface area contributed by atoms with Crippen molar-refractivity contribution < 1.29 is 0 Å². The van der Waals surface area contributed by atoms with E-state index in [2.05, 4.69) is 52.2 Å². The van der Waals surface area contributed by atoms with Crippen molar-refractivity contribution in [2.75, 3.05) is 29.0 Å². The molecule has 0 saturated carbocycles. The zero-order valence-corrected chi connectivity index (χ0v) is 14.0. The second-order valence-corrected chi connectivity index (χ2v) is 6.30. The van der Waals surface area contributed by atoms with Gasteiger partial charge in [-0.1, -0.05) is 25.0 Å². The van der Waals surface area contributed by atoms with Gasteiger partial charge < -0.3 is 16.0 Å². The van der Waals surface area contributed by atoms with Crippen molar-refractivity contribution in [3.8, 4) is 0 Å². The molecular weight excluding hydrogens is 286 g/mol. The number of nitrogens with one attached hydrogen (secondary N) is 1. The number of benzene rings is 1. The minimum Gasteiger partial charge on any atom is -0.393 e. The normalized spacial score (nSPS) is 15.3. The van der Waals surface area contributed by atoms with E-state index in [-0.39, 0.29) is 0 Å². The maximum absolute atomic E-state index is 6.37. The Kier molecular flexibility index (Phi) is 4.65. The monoisotopic (exact) mass is 311 g/mol. The van der Waals surface area contributed by atoms with Crippen molar-refractivity contribution in [1.82, 2.24) is 9.97 Å². The van der Waals surface area contributed by atoms with E-state index >= 15 is 0 Å². The Labute approximate surface area is 137 Å². The standard InChI is InChI=1S/C18H25N5/c1-13-7-8-14(2)15(11-13)22-17-16(19)18(21-12-20-17)23-9-5-3-4-6-10-23/h7-8,11-12H,3-6,9-10,19H2,1-2H3,(H,20,21,22). The summed E-state index contributed by atoms with van der Waals surface area (Å²) in [5.41, 5.74) is 10.4. The maximum atomic E-state index is 6.37. The number of hydrogen-bond donors (Lipinski definition) is 2. The van der Waals surface area contributed by atoms with Crippen LogP contribution in [0, 0.1) is 13.8 Å². The van der Waals surface area contributed by atoms with Gasteiger partial charge in [-0.2, -0.15) is 0 Å². The molecule has 122 valence electrons. The van der Waals surface area contributed by atoms with Crippen molar-refractivity contribution in [2.24, 2.45) is 0 Å². The Bertz CT molecular complexity index is 675. The van der Waals surface area contributed by atoms with E-state index in [0.717, 1.165) is 24.6 Å². The zero-order valence-electron chi connectivity index (χ0n) is 14.0. The summed E-state index contributed by atoms with van der Waals surface area (Å²) in [5, 5.41) is 3.37. The van der Waals surface area contributed by atoms with Crippen molar-refractivity contribution in [2.45, 2.75) is 39.5 Å². The van der Waals surface area contributed by atoms with Gasteiger partial charge in [0.2, 0.25) is 0 Å². The van der Waals surface area contributed by atoms with Gasteiger partial charge in [0.15, 0.2) is 11.6 Å². The second-order valence-electron chi connectivity index (χ2n) is 6.30. The van der Waals surface area contributed by atoms with E-state index < -0.39 is 0 Å². The van der Waals surface area contributed by atoms with E-state index in [0.29, 0.717) is 11.5 Å². The average Bonchev–Trinajstić information content (AvgIpc) is 2.82. The van der Waals surface area contributed by atoms with Gasteiger partial charge in [0.1, 0.15) is 12.0 Å². The zero-order chi connectivity index (χ0) is 16.2. The molecular formula is C18H25N5. The Morgan fingerprint density at radius 1 is 1.04 bits per heavy atom. The molecule has 0 bridgehead atoms. The first-order valence-electron chi connectivity index (χ1n) is 8.35. The number of nitrogen functional groups attached to an aromatic ring is 1. The number of nitrogens with zero attached hydrogens (tertiary/aromatic N) is 3. The van der Waals surface area contributed by atoms with Crippen LogP contribution in [0.3, 0.4) is 0 Å². The minimum absolute atomic E-state index is 0.635. The van der Waals surface area contributed by atoms with E-state index in [9.17, 15) is 0 Å². The van der Waals surface area contributed by atoms with E-state index in [1.165, 1.54) is 36.8 Å². The highest BCUT2D eigenvalue weighted by molar-refractivity contribution is 5.79. The highest BCUT2D eigenvalue weighted by Crippen LogP contribution is 2.31. The second kappa shape index (κ2) is 6.86. The van der Waals surface area contributed by atoms with Crippen LogP contribution in [-0.4, -0.2) is 23.1 Å². The van der Waals surface area contributed by atoms with Gasteiger partial charge in [-0.15, -0.1) is 0 Å². The number of aryl methyl sites for hydroxylation is 2. The summed E-state index contributed by atoms with van der Waals surface area (Å²) < 4.78 is 0. The third kappa shape index (κ3) is 3.55. The summed E-state index contributed by atoms with van der Waals surface area (Å²) in [5.74, 6) is 1.54. The molecule has 0 radical (unpaired) electrons. The lowest BCUT2D eigenvalue weighted by Gasteiger charge is -2.23. The quantitative estimate of drug-likeness (QED) is 0.902. The predicted octanol–water partition coefficient (Wildman–Crippen LogP) is 3.80. The molecule has 3 rings (SSSR count). The third-order valence-electron chi connectivity index (χ3n) is 4.41. The van der Waals surface area contributed by atoms with E-state index in [4.69, 9.17) is 5.73 Å². The number of rotatable bonds is 3. The van der Waals surface area contributed by atoms with Gasteiger partial charge in [-0.25, -0.2) is 9.97 Å². The summed E-state index contributed by atoms with van der Waals surface area (Å²) in [4.78, 5) is 11.1. The summed E-state index contributed by atoms with van der Waals surface area (Å²) >= 11 is 0. The summed E-state index contributed by atoms with van der Waals surface area (Å²) in [7, 11) is 0. The van der Waals surface area contributed by atoms with Gasteiger partial charge in [0.25, 0.3) is 0 Å². The fourth-order valence-electron chi connectivity index (χ4n) is 3.02. The van der Waals surface area contributed by atoms with E-state index in [1.54, 1.807) is 6.33 Å². The molecule has 1 aromatic carbocycles. The van der Waals surface area contributed by atoms with E-state index in [1.807, 2.05) is 0 Å². The fraction of sp³-hybridized carbons (Fsp3) is 0.444. The average molecular weight is 311 g/mol. The highest BCUT2D eigenvalue weighted by atomic mass is 15.2. The SMILES string of the molecule is Cc1ccc(C)c(Nc2ncnc(N3CCCCCC3)c2N)c1. The number of anilines is 4. The lowest BCUT2D eigenvalue weighted by atomic mass is 10.1. The van der Waals surface area contributed by atoms with Gasteiger partial charge in [-0.3, -0.25) is 0 Å². The Balaban J connectivity index is 1.88. The largest absolute Gasteiger partial charge is 0.393 e. The van der Waals surface area contributed by atoms with Crippen LogP contribution in [0.2, 0.25) is 0 Å². The van der Waals surface area contributed by atoms with Crippen LogP contribution >= 0.6 is 0 Å². The Morgan fingerprint density at radius 3 is 2.52 bits per heavy atom. The van der Waals surface area contributed by atoms with Gasteiger partial charge in [-0.05, 0) is 43.9 Å². The van der Waals surface area contributed by atoms with Crippen LogP contribution in [-0.2, 0) is 0 Å². The molecule has 1 aliphatic heterocycles. The summed E-state index contributed by atoms with van der Waals surface area (Å²) in [6, 6.07) is 6.32. The molecule has 1 aromatic heterocycles. The predicted molar refractivity (Wildman–Crippen MR) is 96.3 cm³/mol. The lowest BCUT2D eigenvalue weighted by molar-refractivity contribution is 0.726. The maximum Gasteiger partial charge on any atom is 0.159 e. The number of nitrogens with two attached hydrogens (primary N) is 1. The molecule has 0 aliphatic carbocycles. The van der Waals surface area contributed by atoms with Gasteiger partial charge in [0, 0.05) is 18.8 Å². The molecule has 2 heterocycles. The molecule has 0 atom stereocenters. The summed E-state index contributed by atoms with van der Waals surface area (Å²) in [6.45, 7) is 6.19. The minimum atomic E-state index is 0.635. The van der Waals surface area contributed by atoms with Crippen LogP contribution < -0.4 is 16.0 Å². The molecule has 5 nitrogen and oxygen atoms in total. The molecule has 2 aromatic rings. The molecule has 5 heteroatoms. The van der Waals surface area contributed by atoms with Crippen LogP contribution in [0.1, 0.15) is 36.8 Å². The molecule has 1 saturated heterocycles. The van der Waals surface area contributed by atoms with Gasteiger partial charge >= 0.3 is 0 Å². The first-order valence-corrected chi connectivity index (χ1v) is 8.35. The highest BCUT2D eigenvalue weighted by Gasteiger charge is 2.17. The Morgan fingerprint density at radius 2 is 1.78 bits per heavy atom. The third-order valence-corrected chi connectivity index (χ3v) is 4.41. The van der Waals surface area contributed by atoms with Crippen molar-refractivity contribution in [3.63, 3.8) is 0 Å². The molecule has 3 N–H and O–H groups in total. The molecule has 0 spiro atoms. The van der Waals surface area contributed by atoms with Crippen molar-refractivity contribution in [3.05, 3.63) is 35.7 Å². The topological polar surface area (TPSA) is 67.1 Å². The molecule has 1 aliphatic rings.